The van der Waals surface area contributed by atoms with E-state index < -0.39 is 7.21 Å². The van der Waals surface area contributed by atoms with Crippen LogP contribution in [0.25, 0.3) is 0 Å². The van der Waals surface area contributed by atoms with Gasteiger partial charge >= 0.3 is 0 Å². The van der Waals surface area contributed by atoms with E-state index in [9.17, 15) is 10.1 Å². The number of hydrogen-bond acceptors (Lipinski definition) is 4. The molecule has 0 bridgehead atoms. The normalized spacial score (nSPS) is 17.7. The molecule has 1 atom stereocenters. The molecule has 2 aromatic rings. The molecule has 0 radical (unpaired) electrons. The molecule has 1 fully saturated rings. The fourth-order valence-electron chi connectivity index (χ4n) is 3.60. The highest BCUT2D eigenvalue weighted by Gasteiger charge is 2.42. The second-order valence-corrected chi connectivity index (χ2v) is 11.3. The molecule has 0 amide bonds. The van der Waals surface area contributed by atoms with E-state index in [4.69, 9.17) is 4.74 Å². The summed E-state index contributed by atoms with van der Waals surface area (Å²) in [7, 11) is -2.09. The van der Waals surface area contributed by atoms with Crippen LogP contribution < -0.4 is 5.30 Å². The third-order valence-electron chi connectivity index (χ3n) is 4.77. The lowest BCUT2D eigenvalue weighted by atomic mass is 10.3. The Hall–Kier alpha value is -2.04. The van der Waals surface area contributed by atoms with Crippen molar-refractivity contribution in [3.63, 3.8) is 0 Å². The standard InChI is InChI=1S/C19H25N4O2P/c1-19(2,3)26(22-14-4-5-15-22,18-10-12-20-13-11-18)21-16-6-8-17(9-7-16)23(24)25/h6-13H,4-5,14-15H2,1-3H3/t26-/m0/s1. The fraction of sp³-hybridized carbons (Fsp3) is 0.421. The molecule has 1 saturated heterocycles. The molecule has 138 valence electrons. The minimum atomic E-state index is -2.09. The van der Waals surface area contributed by atoms with Crippen LogP contribution in [-0.2, 0) is 0 Å². The Morgan fingerprint density at radius 2 is 1.65 bits per heavy atom. The molecular weight excluding hydrogens is 347 g/mol. The fourth-order valence-corrected chi connectivity index (χ4v) is 7.97. The van der Waals surface area contributed by atoms with Gasteiger partial charge in [-0.15, -0.1) is 0 Å². The molecule has 3 rings (SSSR count). The number of hydrogen-bond donors (Lipinski definition) is 0. The molecule has 1 aliphatic rings. The van der Waals surface area contributed by atoms with Crippen LogP contribution in [0.1, 0.15) is 33.6 Å². The average Bonchev–Trinajstić information content (AvgIpc) is 3.14. The second kappa shape index (κ2) is 7.29. The van der Waals surface area contributed by atoms with Crippen molar-refractivity contribution in [1.82, 2.24) is 9.65 Å². The first-order chi connectivity index (χ1) is 12.3. The summed E-state index contributed by atoms with van der Waals surface area (Å²) in [6.07, 6.45) is 6.02. The van der Waals surface area contributed by atoms with E-state index in [1.165, 1.54) is 30.3 Å². The van der Waals surface area contributed by atoms with E-state index in [0.29, 0.717) is 0 Å². The highest BCUT2D eigenvalue weighted by molar-refractivity contribution is 7.73. The van der Waals surface area contributed by atoms with Crippen molar-refractivity contribution in [3.05, 3.63) is 58.9 Å². The van der Waals surface area contributed by atoms with E-state index >= 15 is 0 Å². The first-order valence-corrected chi connectivity index (χ1v) is 10.6. The maximum Gasteiger partial charge on any atom is 0.269 e. The van der Waals surface area contributed by atoms with Crippen molar-refractivity contribution in [3.8, 4) is 0 Å². The Balaban J connectivity index is 2.23. The summed E-state index contributed by atoms with van der Waals surface area (Å²) in [5.41, 5.74) is 0.885. The van der Waals surface area contributed by atoms with Crippen molar-refractivity contribution >= 4 is 23.9 Å². The lowest BCUT2D eigenvalue weighted by Gasteiger charge is -2.43. The van der Waals surface area contributed by atoms with Gasteiger partial charge in [-0.05, 0) is 37.1 Å². The minimum Gasteiger partial charge on any atom is -0.265 e. The lowest BCUT2D eigenvalue weighted by Crippen LogP contribution is -2.35. The summed E-state index contributed by atoms with van der Waals surface area (Å²) in [5.74, 6) is 0. The molecule has 0 aliphatic carbocycles. The topological polar surface area (TPSA) is 71.6 Å². The van der Waals surface area contributed by atoms with E-state index in [0.717, 1.165) is 18.8 Å². The van der Waals surface area contributed by atoms with Gasteiger partial charge in [0.25, 0.3) is 5.69 Å². The van der Waals surface area contributed by atoms with Crippen LogP contribution in [0.15, 0.2) is 53.5 Å². The van der Waals surface area contributed by atoms with Crippen molar-refractivity contribution < 1.29 is 4.92 Å². The van der Waals surface area contributed by atoms with Crippen LogP contribution in [0.4, 0.5) is 11.4 Å². The number of aromatic nitrogens is 1. The van der Waals surface area contributed by atoms with Gasteiger partial charge in [-0.3, -0.25) is 19.8 Å². The minimum absolute atomic E-state index is 0.0690. The van der Waals surface area contributed by atoms with Gasteiger partial charge in [-0.2, -0.15) is 0 Å². The molecule has 0 N–H and O–H groups in total. The van der Waals surface area contributed by atoms with Crippen LogP contribution >= 0.6 is 7.21 Å². The quantitative estimate of drug-likeness (QED) is 0.432. The van der Waals surface area contributed by atoms with Crippen molar-refractivity contribution in [1.29, 1.82) is 0 Å². The SMILES string of the molecule is CC(C)(C)[P@](=Nc1ccc([N+](=O)[O-])cc1)(c1ccncc1)N1CCCC1. The van der Waals surface area contributed by atoms with E-state index in [2.05, 4.69) is 42.6 Å². The molecule has 1 aromatic carbocycles. The van der Waals surface area contributed by atoms with E-state index in [-0.39, 0.29) is 15.8 Å². The molecule has 7 heteroatoms. The summed E-state index contributed by atoms with van der Waals surface area (Å²) in [6.45, 7) is 8.80. The third kappa shape index (κ3) is 3.44. The molecule has 6 nitrogen and oxygen atoms in total. The Morgan fingerprint density at radius 3 is 2.15 bits per heavy atom. The van der Waals surface area contributed by atoms with Gasteiger partial charge in [0.15, 0.2) is 0 Å². The highest BCUT2D eigenvalue weighted by Crippen LogP contribution is 2.64. The molecule has 1 aliphatic heterocycles. The first kappa shape index (κ1) is 18.7. The van der Waals surface area contributed by atoms with Gasteiger partial charge < -0.3 is 0 Å². The zero-order valence-corrected chi connectivity index (χ0v) is 16.4. The Labute approximate surface area is 154 Å². The predicted octanol–water partition coefficient (Wildman–Crippen LogP) is 4.96. The summed E-state index contributed by atoms with van der Waals surface area (Å²) >= 11 is 0. The third-order valence-corrected chi connectivity index (χ3v) is 9.40. The molecule has 0 saturated carbocycles. The summed E-state index contributed by atoms with van der Waals surface area (Å²) < 4.78 is 7.85. The van der Waals surface area contributed by atoms with Crippen molar-refractivity contribution in [2.24, 2.45) is 4.74 Å². The van der Waals surface area contributed by atoms with Crippen molar-refractivity contribution in [2.45, 2.75) is 38.8 Å². The maximum atomic E-state index is 11.0. The Bertz CT molecular complexity index is 823. The maximum absolute atomic E-state index is 11.0. The summed E-state index contributed by atoms with van der Waals surface area (Å²) in [4.78, 5) is 14.8. The van der Waals surface area contributed by atoms with Crippen LogP contribution in [-0.4, -0.2) is 32.8 Å². The van der Waals surface area contributed by atoms with Gasteiger partial charge in [0.2, 0.25) is 0 Å². The summed E-state index contributed by atoms with van der Waals surface area (Å²) in [6, 6.07) is 10.7. The first-order valence-electron chi connectivity index (χ1n) is 8.87. The van der Waals surface area contributed by atoms with Gasteiger partial charge in [0.05, 0.1) is 17.8 Å². The van der Waals surface area contributed by atoms with Crippen LogP contribution in [0.2, 0.25) is 0 Å². The molecule has 0 unspecified atom stereocenters. The lowest BCUT2D eigenvalue weighted by molar-refractivity contribution is -0.384. The Morgan fingerprint density at radius 1 is 1.08 bits per heavy atom. The number of nitrogens with zero attached hydrogens (tertiary/aromatic N) is 4. The van der Waals surface area contributed by atoms with Crippen LogP contribution in [0.3, 0.4) is 0 Å². The monoisotopic (exact) mass is 372 g/mol. The highest BCUT2D eigenvalue weighted by atomic mass is 31.2. The summed E-state index contributed by atoms with van der Waals surface area (Å²) in [5, 5.41) is 12.1. The van der Waals surface area contributed by atoms with Gasteiger partial charge in [-0.25, -0.2) is 4.74 Å². The van der Waals surface area contributed by atoms with Gasteiger partial charge in [0.1, 0.15) is 0 Å². The second-order valence-electron chi connectivity index (χ2n) is 7.51. The molecule has 0 spiro atoms. The number of rotatable bonds is 4. The number of nitro benzene ring substituents is 1. The number of pyridine rings is 1. The average molecular weight is 372 g/mol. The Kier molecular flexibility index (Phi) is 5.26. The van der Waals surface area contributed by atoms with Gasteiger partial charge in [-0.1, -0.05) is 20.8 Å². The van der Waals surface area contributed by atoms with Gasteiger partial charge in [0, 0.05) is 48.1 Å². The predicted molar refractivity (Wildman–Crippen MR) is 107 cm³/mol. The smallest absolute Gasteiger partial charge is 0.265 e. The molecule has 1 aromatic heterocycles. The zero-order valence-electron chi connectivity index (χ0n) is 15.5. The number of nitro groups is 1. The molecule has 26 heavy (non-hydrogen) atoms. The number of benzene rings is 1. The van der Waals surface area contributed by atoms with E-state index in [1.54, 1.807) is 12.1 Å². The molecule has 2 heterocycles. The van der Waals surface area contributed by atoms with E-state index in [1.807, 2.05) is 12.4 Å². The van der Waals surface area contributed by atoms with Crippen LogP contribution in [0.5, 0.6) is 0 Å². The van der Waals surface area contributed by atoms with Crippen molar-refractivity contribution in [2.75, 3.05) is 13.1 Å². The van der Waals surface area contributed by atoms with Crippen LogP contribution in [0, 0.1) is 10.1 Å². The largest absolute Gasteiger partial charge is 0.269 e. The zero-order chi connectivity index (χ0) is 18.8. The number of non-ortho nitro benzene ring substituents is 1. The molecular formula is C19H25N4O2P.